The Bertz CT molecular complexity index is 993. The predicted octanol–water partition coefficient (Wildman–Crippen LogP) is -2.53. The van der Waals surface area contributed by atoms with Crippen molar-refractivity contribution in [3.8, 4) is 0 Å². The van der Waals surface area contributed by atoms with Crippen molar-refractivity contribution < 1.29 is 9.90 Å². The van der Waals surface area contributed by atoms with Crippen LogP contribution in [0.25, 0.3) is 0 Å². The second-order valence-electron chi connectivity index (χ2n) is 8.44. The van der Waals surface area contributed by atoms with Crippen LogP contribution in [-0.2, 0) is 0 Å². The highest BCUT2D eigenvalue weighted by atomic mass is 35.5. The summed E-state index contributed by atoms with van der Waals surface area (Å²) in [6.07, 6.45) is 0.125. The van der Waals surface area contributed by atoms with Gasteiger partial charge in [0, 0.05) is 18.7 Å². The number of halogens is 1. The molecule has 1 aliphatic carbocycles. The minimum atomic E-state index is -1.19. The Labute approximate surface area is 170 Å². The molecule has 0 bridgehead atoms. The molecule has 1 saturated heterocycles. The third-order valence-corrected chi connectivity index (χ3v) is 8.12. The highest BCUT2D eigenvalue weighted by Gasteiger charge is 2.79. The fourth-order valence-corrected chi connectivity index (χ4v) is 7.13. The second-order valence-corrected chi connectivity index (χ2v) is 8.91. The van der Waals surface area contributed by atoms with Gasteiger partial charge in [0.05, 0.1) is 5.38 Å². The zero-order chi connectivity index (χ0) is 20.3. The summed E-state index contributed by atoms with van der Waals surface area (Å²) in [6, 6.07) is 3.58. The molecule has 154 valence electrons. The molecule has 0 radical (unpaired) electrons. The van der Waals surface area contributed by atoms with E-state index in [0.717, 1.165) is 0 Å². The summed E-state index contributed by atoms with van der Waals surface area (Å²) in [5.41, 5.74) is 16.6. The number of hydrogen-bond acceptors (Lipinski definition) is 9. The van der Waals surface area contributed by atoms with E-state index in [2.05, 4.69) is 20.6 Å². The van der Waals surface area contributed by atoms with Crippen molar-refractivity contribution in [2.45, 2.75) is 29.0 Å². The van der Waals surface area contributed by atoms with Gasteiger partial charge in [-0.2, -0.15) is 0 Å². The fourth-order valence-electron chi connectivity index (χ4n) is 6.54. The molecule has 1 aromatic rings. The van der Waals surface area contributed by atoms with E-state index in [1.165, 1.54) is 0 Å². The maximum atomic E-state index is 13.4. The average Bonchev–Trinajstić information content (AvgIpc) is 3.42. The van der Waals surface area contributed by atoms with Gasteiger partial charge < -0.3 is 42.4 Å². The minimum absolute atomic E-state index is 0.101. The lowest BCUT2D eigenvalue weighted by molar-refractivity contribution is -0.0269. The standard InChI is InChI=1S/C17H22ClN9O2/c18-10-6(4-19)7-5-27-11(28)8-2-1-3-26(8)12-17(27,25-14(20)22-12)9(7)16(10)13(29)23-15(21)24-16/h1-3,6-7,9-10,12-13,29H,4-5,19H2,(H3,20,22,25)(H3,21,23,24)/t6-,7+,9?,10-,12+,13-,16+,17?/m1/s1. The van der Waals surface area contributed by atoms with Gasteiger partial charge in [-0.1, -0.05) is 0 Å². The van der Waals surface area contributed by atoms with Gasteiger partial charge in [-0.15, -0.1) is 11.6 Å². The Balaban J connectivity index is 1.60. The third kappa shape index (κ3) is 1.68. The number of carbonyl (C=O) groups is 1. The average molecular weight is 420 g/mol. The smallest absolute Gasteiger partial charge is 0.272 e. The molecule has 8 atom stereocenters. The molecule has 11 nitrogen and oxygen atoms in total. The molecule has 2 unspecified atom stereocenters. The van der Waals surface area contributed by atoms with Crippen molar-refractivity contribution in [1.29, 1.82) is 0 Å². The van der Waals surface area contributed by atoms with Crippen molar-refractivity contribution in [2.75, 3.05) is 13.1 Å². The molecule has 0 aromatic carbocycles. The highest BCUT2D eigenvalue weighted by molar-refractivity contribution is 6.22. The van der Waals surface area contributed by atoms with Crippen molar-refractivity contribution in [3.63, 3.8) is 0 Å². The van der Waals surface area contributed by atoms with E-state index in [1.54, 1.807) is 11.0 Å². The van der Waals surface area contributed by atoms with E-state index in [1.807, 2.05) is 16.8 Å². The van der Waals surface area contributed by atoms with Gasteiger partial charge in [0.1, 0.15) is 11.2 Å². The van der Waals surface area contributed by atoms with Crippen LogP contribution in [0.4, 0.5) is 0 Å². The lowest BCUT2D eigenvalue weighted by atomic mass is 9.73. The fraction of sp³-hybridized carbons (Fsp3) is 0.588. The summed E-state index contributed by atoms with van der Waals surface area (Å²) in [7, 11) is 0. The Morgan fingerprint density at radius 2 is 2.07 bits per heavy atom. The van der Waals surface area contributed by atoms with Crippen LogP contribution in [0.1, 0.15) is 16.7 Å². The van der Waals surface area contributed by atoms with Crippen molar-refractivity contribution in [1.82, 2.24) is 20.1 Å². The van der Waals surface area contributed by atoms with E-state index in [9.17, 15) is 9.90 Å². The summed E-state index contributed by atoms with van der Waals surface area (Å²) in [5.74, 6) is -0.441. The molecule has 2 fully saturated rings. The number of carbonyl (C=O) groups excluding carboxylic acids is 1. The number of aromatic nitrogens is 1. The first kappa shape index (κ1) is 17.4. The van der Waals surface area contributed by atoms with E-state index < -0.39 is 29.0 Å². The van der Waals surface area contributed by atoms with E-state index in [4.69, 9.17) is 28.8 Å². The number of alkyl halides is 1. The topological polar surface area (TPSA) is 172 Å². The summed E-state index contributed by atoms with van der Waals surface area (Å²) in [6.45, 7) is 0.721. The first-order valence-electron chi connectivity index (χ1n) is 9.60. The minimum Gasteiger partial charge on any atom is -0.370 e. The number of guanidine groups is 2. The van der Waals surface area contributed by atoms with Crippen LogP contribution < -0.4 is 27.8 Å². The number of nitrogens with zero attached hydrogens (tertiary/aromatic N) is 4. The number of aliphatic imine (C=N–C) groups is 2. The Hall–Kier alpha value is -2.50. The number of nitrogens with two attached hydrogens (primary N) is 3. The first-order valence-corrected chi connectivity index (χ1v) is 10.0. The van der Waals surface area contributed by atoms with Crippen molar-refractivity contribution in [3.05, 3.63) is 24.0 Å². The van der Waals surface area contributed by atoms with Crippen LogP contribution in [0.3, 0.4) is 0 Å². The van der Waals surface area contributed by atoms with Gasteiger partial charge >= 0.3 is 0 Å². The second kappa shape index (κ2) is 5.15. The lowest BCUT2D eigenvalue weighted by Crippen LogP contribution is -2.74. The Kier molecular flexibility index (Phi) is 3.09. The van der Waals surface area contributed by atoms with Crippen LogP contribution in [0.5, 0.6) is 0 Å². The SMILES string of the molecule is NC[C@@H]1[C@@H]2CN3C(=O)c4cccn4[C@@H]4N=C(N)NC43C2[C@]2(NC(N)=N[C@@H]2O)[C@@H]1Cl. The Morgan fingerprint density at radius 3 is 2.76 bits per heavy atom. The molecular formula is C17H22ClN9O2. The quantitative estimate of drug-likeness (QED) is 0.272. The summed E-state index contributed by atoms with van der Waals surface area (Å²) in [5, 5.41) is 16.9. The summed E-state index contributed by atoms with van der Waals surface area (Å²) in [4.78, 5) is 24.0. The molecule has 4 aliphatic heterocycles. The molecule has 6 rings (SSSR count). The third-order valence-electron chi connectivity index (χ3n) is 7.43. The maximum absolute atomic E-state index is 13.4. The predicted molar refractivity (Wildman–Crippen MR) is 105 cm³/mol. The molecular weight excluding hydrogens is 398 g/mol. The molecule has 12 heteroatoms. The molecule has 9 N–H and O–H groups in total. The van der Waals surface area contributed by atoms with Crippen LogP contribution in [0.2, 0.25) is 0 Å². The molecule has 1 aromatic heterocycles. The largest absolute Gasteiger partial charge is 0.370 e. The molecule has 5 heterocycles. The zero-order valence-electron chi connectivity index (χ0n) is 15.4. The van der Waals surface area contributed by atoms with Gasteiger partial charge in [-0.3, -0.25) is 4.79 Å². The summed E-state index contributed by atoms with van der Waals surface area (Å²) < 4.78 is 1.83. The van der Waals surface area contributed by atoms with Crippen LogP contribution in [-0.4, -0.2) is 68.3 Å². The van der Waals surface area contributed by atoms with E-state index in [0.29, 0.717) is 18.8 Å². The number of hydrogen-bond donors (Lipinski definition) is 6. The number of fused-ring (bicyclic) bond motifs is 4. The van der Waals surface area contributed by atoms with Gasteiger partial charge in [0.15, 0.2) is 30.0 Å². The van der Waals surface area contributed by atoms with Crippen molar-refractivity contribution in [2.24, 2.45) is 44.9 Å². The van der Waals surface area contributed by atoms with E-state index in [-0.39, 0.29) is 35.6 Å². The maximum Gasteiger partial charge on any atom is 0.272 e. The normalized spacial score (nSPS) is 46.6. The van der Waals surface area contributed by atoms with E-state index >= 15 is 0 Å². The molecule has 1 saturated carbocycles. The van der Waals surface area contributed by atoms with Crippen LogP contribution in [0.15, 0.2) is 28.3 Å². The lowest BCUT2D eigenvalue weighted by Gasteiger charge is -2.51. The molecule has 29 heavy (non-hydrogen) atoms. The Morgan fingerprint density at radius 1 is 1.31 bits per heavy atom. The van der Waals surface area contributed by atoms with Crippen molar-refractivity contribution >= 4 is 29.4 Å². The van der Waals surface area contributed by atoms with Crippen LogP contribution >= 0.6 is 11.6 Å². The molecule has 1 amide bonds. The number of nitrogens with one attached hydrogen (secondary N) is 2. The van der Waals surface area contributed by atoms with Gasteiger partial charge in [-0.25, -0.2) is 9.98 Å². The zero-order valence-corrected chi connectivity index (χ0v) is 16.1. The number of rotatable bonds is 1. The van der Waals surface area contributed by atoms with Gasteiger partial charge in [-0.05, 0) is 30.5 Å². The van der Waals surface area contributed by atoms with Gasteiger partial charge in [0.25, 0.3) is 5.91 Å². The van der Waals surface area contributed by atoms with Gasteiger partial charge in [0.2, 0.25) is 0 Å². The number of amides is 1. The first-order chi connectivity index (χ1) is 13.9. The summed E-state index contributed by atoms with van der Waals surface area (Å²) >= 11 is 6.94. The molecule has 5 aliphatic rings. The number of aliphatic hydroxyl groups is 1. The molecule has 2 spiro atoms. The number of aliphatic hydroxyl groups excluding tert-OH is 1. The van der Waals surface area contributed by atoms with Crippen LogP contribution in [0, 0.1) is 17.8 Å². The monoisotopic (exact) mass is 419 g/mol. The highest BCUT2D eigenvalue weighted by Crippen LogP contribution is 2.63.